The number of aryl methyl sites for hydroxylation is 1. The lowest BCUT2D eigenvalue weighted by Crippen LogP contribution is -2.16. The molecule has 0 saturated carbocycles. The summed E-state index contributed by atoms with van der Waals surface area (Å²) in [6.07, 6.45) is 0. The van der Waals surface area contributed by atoms with Crippen LogP contribution in [0.2, 0.25) is 0 Å². The number of esters is 1. The highest BCUT2D eigenvalue weighted by Crippen LogP contribution is 2.18. The van der Waals surface area contributed by atoms with Crippen LogP contribution in [0, 0.1) is 12.8 Å². The standard InChI is InChI=1S/C14H20O2S/c1-4-16-14(15)12(3)9-17-10-13-8-6-5-7-11(13)2/h5-8,12H,4,9-10H2,1-3H3. The molecule has 0 aliphatic carbocycles. The first kappa shape index (κ1) is 14.1. The van der Waals surface area contributed by atoms with Crippen molar-refractivity contribution < 1.29 is 9.53 Å². The molecule has 0 radical (unpaired) electrons. The Labute approximate surface area is 108 Å². The first-order valence-electron chi connectivity index (χ1n) is 5.94. The van der Waals surface area contributed by atoms with Crippen molar-refractivity contribution >= 4 is 17.7 Å². The smallest absolute Gasteiger partial charge is 0.309 e. The molecule has 1 atom stereocenters. The van der Waals surface area contributed by atoms with Gasteiger partial charge in [-0.25, -0.2) is 0 Å². The van der Waals surface area contributed by atoms with Gasteiger partial charge in [-0.15, -0.1) is 0 Å². The first-order chi connectivity index (χ1) is 8.15. The molecule has 2 nitrogen and oxygen atoms in total. The Morgan fingerprint density at radius 1 is 1.41 bits per heavy atom. The van der Waals surface area contributed by atoms with Crippen LogP contribution in [0.3, 0.4) is 0 Å². The van der Waals surface area contributed by atoms with Gasteiger partial charge in [-0.05, 0) is 25.0 Å². The summed E-state index contributed by atoms with van der Waals surface area (Å²) < 4.78 is 4.98. The van der Waals surface area contributed by atoms with Crippen molar-refractivity contribution in [1.29, 1.82) is 0 Å². The molecule has 1 aromatic carbocycles. The summed E-state index contributed by atoms with van der Waals surface area (Å²) in [5.74, 6) is 1.65. The quantitative estimate of drug-likeness (QED) is 0.726. The van der Waals surface area contributed by atoms with E-state index in [4.69, 9.17) is 4.74 Å². The van der Waals surface area contributed by atoms with E-state index in [9.17, 15) is 4.79 Å². The predicted octanol–water partition coefficient (Wildman–Crippen LogP) is 3.43. The molecule has 0 spiro atoms. The van der Waals surface area contributed by atoms with Crippen molar-refractivity contribution in [1.82, 2.24) is 0 Å². The summed E-state index contributed by atoms with van der Waals surface area (Å²) in [4.78, 5) is 11.4. The van der Waals surface area contributed by atoms with Gasteiger partial charge < -0.3 is 4.74 Å². The third-order valence-corrected chi connectivity index (χ3v) is 3.83. The van der Waals surface area contributed by atoms with Crippen LogP contribution in [0.5, 0.6) is 0 Å². The highest BCUT2D eigenvalue weighted by atomic mass is 32.2. The number of hydrogen-bond donors (Lipinski definition) is 0. The van der Waals surface area contributed by atoms with E-state index in [1.807, 2.05) is 19.9 Å². The Morgan fingerprint density at radius 3 is 2.76 bits per heavy atom. The lowest BCUT2D eigenvalue weighted by molar-refractivity contribution is -0.146. The number of hydrogen-bond acceptors (Lipinski definition) is 3. The van der Waals surface area contributed by atoms with Crippen molar-refractivity contribution in [2.24, 2.45) is 5.92 Å². The van der Waals surface area contributed by atoms with E-state index in [2.05, 4.69) is 25.1 Å². The second-order valence-corrected chi connectivity index (χ2v) is 5.12. The number of carbonyl (C=O) groups excluding carboxylic acids is 1. The van der Waals surface area contributed by atoms with Crippen molar-refractivity contribution in [3.05, 3.63) is 35.4 Å². The summed E-state index contributed by atoms with van der Waals surface area (Å²) in [7, 11) is 0. The molecule has 94 valence electrons. The summed E-state index contributed by atoms with van der Waals surface area (Å²) in [5, 5.41) is 0. The minimum atomic E-state index is -0.0928. The first-order valence-corrected chi connectivity index (χ1v) is 7.09. The number of benzene rings is 1. The van der Waals surface area contributed by atoms with Gasteiger partial charge in [-0.2, -0.15) is 11.8 Å². The molecule has 0 fully saturated rings. The molecule has 0 aliphatic rings. The van der Waals surface area contributed by atoms with E-state index in [1.165, 1.54) is 11.1 Å². The van der Waals surface area contributed by atoms with Gasteiger partial charge in [0.2, 0.25) is 0 Å². The molecule has 0 saturated heterocycles. The molecule has 1 aromatic rings. The van der Waals surface area contributed by atoms with Crippen molar-refractivity contribution in [2.45, 2.75) is 26.5 Å². The highest BCUT2D eigenvalue weighted by molar-refractivity contribution is 7.98. The Kier molecular flexibility index (Phi) is 6.12. The third-order valence-electron chi connectivity index (χ3n) is 2.58. The van der Waals surface area contributed by atoms with E-state index in [0.29, 0.717) is 6.61 Å². The summed E-state index contributed by atoms with van der Waals surface area (Å²) in [6.45, 7) is 6.34. The molecule has 0 N–H and O–H groups in total. The topological polar surface area (TPSA) is 26.3 Å². The maximum absolute atomic E-state index is 11.4. The Bertz CT molecular complexity index is 363. The van der Waals surface area contributed by atoms with Gasteiger partial charge in [0.1, 0.15) is 0 Å². The lowest BCUT2D eigenvalue weighted by Gasteiger charge is -2.10. The highest BCUT2D eigenvalue weighted by Gasteiger charge is 2.13. The molecule has 0 aliphatic heterocycles. The van der Waals surface area contributed by atoms with Crippen LogP contribution in [0.15, 0.2) is 24.3 Å². The number of carbonyl (C=O) groups is 1. The van der Waals surface area contributed by atoms with Crippen LogP contribution < -0.4 is 0 Å². The van der Waals surface area contributed by atoms with Gasteiger partial charge in [0.25, 0.3) is 0 Å². The fourth-order valence-electron chi connectivity index (χ4n) is 1.47. The molecule has 0 heterocycles. The van der Waals surface area contributed by atoms with Crippen LogP contribution >= 0.6 is 11.8 Å². The monoisotopic (exact) mass is 252 g/mol. The van der Waals surface area contributed by atoms with Crippen LogP contribution in [-0.4, -0.2) is 18.3 Å². The molecule has 0 amide bonds. The van der Waals surface area contributed by atoms with Gasteiger partial charge in [-0.3, -0.25) is 4.79 Å². The van der Waals surface area contributed by atoms with Gasteiger partial charge >= 0.3 is 5.97 Å². The largest absolute Gasteiger partial charge is 0.466 e. The molecule has 0 aromatic heterocycles. The summed E-state index contributed by atoms with van der Waals surface area (Å²) >= 11 is 1.78. The third kappa shape index (κ3) is 4.82. The molecule has 17 heavy (non-hydrogen) atoms. The molecular weight excluding hydrogens is 232 g/mol. The van der Waals surface area contributed by atoms with Crippen molar-refractivity contribution in [2.75, 3.05) is 12.4 Å². The van der Waals surface area contributed by atoms with E-state index in [1.54, 1.807) is 11.8 Å². The average molecular weight is 252 g/mol. The SMILES string of the molecule is CCOC(=O)C(C)CSCc1ccccc1C. The Balaban J connectivity index is 2.33. The Morgan fingerprint density at radius 2 is 2.12 bits per heavy atom. The van der Waals surface area contributed by atoms with E-state index in [-0.39, 0.29) is 11.9 Å². The van der Waals surface area contributed by atoms with Crippen LogP contribution in [0.25, 0.3) is 0 Å². The van der Waals surface area contributed by atoms with E-state index < -0.39 is 0 Å². The number of ether oxygens (including phenoxy) is 1. The fraction of sp³-hybridized carbons (Fsp3) is 0.500. The van der Waals surface area contributed by atoms with Gasteiger partial charge in [0.05, 0.1) is 12.5 Å². The van der Waals surface area contributed by atoms with Crippen LogP contribution in [0.4, 0.5) is 0 Å². The second-order valence-electron chi connectivity index (χ2n) is 4.09. The van der Waals surface area contributed by atoms with E-state index in [0.717, 1.165) is 11.5 Å². The predicted molar refractivity (Wildman–Crippen MR) is 73.1 cm³/mol. The number of rotatable bonds is 6. The molecule has 0 bridgehead atoms. The maximum Gasteiger partial charge on any atom is 0.309 e. The lowest BCUT2D eigenvalue weighted by atomic mass is 10.1. The minimum absolute atomic E-state index is 0.0241. The van der Waals surface area contributed by atoms with Crippen LogP contribution in [-0.2, 0) is 15.3 Å². The van der Waals surface area contributed by atoms with E-state index >= 15 is 0 Å². The minimum Gasteiger partial charge on any atom is -0.466 e. The molecular formula is C14H20O2S. The van der Waals surface area contributed by atoms with Crippen molar-refractivity contribution in [3.63, 3.8) is 0 Å². The molecule has 1 rings (SSSR count). The van der Waals surface area contributed by atoms with Gasteiger partial charge in [0, 0.05) is 11.5 Å². The zero-order valence-electron chi connectivity index (χ0n) is 10.7. The average Bonchev–Trinajstić information content (AvgIpc) is 2.31. The van der Waals surface area contributed by atoms with Gasteiger partial charge in [-0.1, -0.05) is 31.2 Å². The maximum atomic E-state index is 11.4. The normalized spacial score (nSPS) is 12.2. The van der Waals surface area contributed by atoms with Crippen LogP contribution in [0.1, 0.15) is 25.0 Å². The Hall–Kier alpha value is -0.960. The summed E-state index contributed by atoms with van der Waals surface area (Å²) in [5.41, 5.74) is 2.65. The molecule has 3 heteroatoms. The summed E-state index contributed by atoms with van der Waals surface area (Å²) in [6, 6.07) is 8.35. The zero-order valence-corrected chi connectivity index (χ0v) is 11.5. The van der Waals surface area contributed by atoms with Crippen molar-refractivity contribution in [3.8, 4) is 0 Å². The second kappa shape index (κ2) is 7.38. The number of thioether (sulfide) groups is 1. The molecule has 1 unspecified atom stereocenters. The van der Waals surface area contributed by atoms with Gasteiger partial charge in [0.15, 0.2) is 0 Å². The zero-order chi connectivity index (χ0) is 12.7. The fourth-order valence-corrected chi connectivity index (χ4v) is 2.62.